The maximum absolute atomic E-state index is 9.25. The maximum atomic E-state index is 9.25. The fourth-order valence-corrected chi connectivity index (χ4v) is 1.88. The monoisotopic (exact) mass is 232 g/mol. The van der Waals surface area contributed by atoms with Gasteiger partial charge in [-0.05, 0) is 29.7 Å². The zero-order valence-corrected chi connectivity index (χ0v) is 9.88. The minimum absolute atomic E-state index is 0.167. The van der Waals surface area contributed by atoms with E-state index in [0.717, 1.165) is 11.1 Å². The summed E-state index contributed by atoms with van der Waals surface area (Å²) >= 11 is 0. The molecule has 0 spiro atoms. The molecule has 0 radical (unpaired) electrons. The Hall–Kier alpha value is -2.58. The fraction of sp³-hybridized carbons (Fsp3) is 0.125. The molecule has 2 heteroatoms. The summed E-state index contributed by atoms with van der Waals surface area (Å²) < 4.78 is 0. The lowest BCUT2D eigenvalue weighted by atomic mass is 9.93. The first-order valence-electron chi connectivity index (χ1n) is 5.77. The molecule has 0 bridgehead atoms. The first-order valence-corrected chi connectivity index (χ1v) is 5.77. The SMILES string of the molecule is N#Cc1ccc(C(C#N)Cc2ccccc2)cc1. The Morgan fingerprint density at radius 3 is 2.11 bits per heavy atom. The second-order valence-corrected chi connectivity index (χ2v) is 4.11. The molecule has 0 fully saturated rings. The van der Waals surface area contributed by atoms with Gasteiger partial charge in [-0.3, -0.25) is 0 Å². The summed E-state index contributed by atoms with van der Waals surface area (Å²) in [7, 11) is 0. The van der Waals surface area contributed by atoms with Crippen LogP contribution in [0.1, 0.15) is 22.6 Å². The van der Waals surface area contributed by atoms with E-state index in [4.69, 9.17) is 5.26 Å². The molecule has 18 heavy (non-hydrogen) atoms. The molecule has 0 aliphatic heterocycles. The van der Waals surface area contributed by atoms with Crippen molar-refractivity contribution in [2.24, 2.45) is 0 Å². The molecule has 1 atom stereocenters. The quantitative estimate of drug-likeness (QED) is 0.814. The molecule has 1 unspecified atom stereocenters. The Bertz CT molecular complexity index is 586. The predicted octanol–water partition coefficient (Wildman–Crippen LogP) is 3.41. The third-order valence-corrected chi connectivity index (χ3v) is 2.88. The van der Waals surface area contributed by atoms with Gasteiger partial charge < -0.3 is 0 Å². The molecule has 0 amide bonds. The molecule has 0 N–H and O–H groups in total. The number of nitriles is 2. The lowest BCUT2D eigenvalue weighted by Crippen LogP contribution is -2.00. The Morgan fingerprint density at radius 1 is 0.889 bits per heavy atom. The summed E-state index contributed by atoms with van der Waals surface area (Å²) in [5.41, 5.74) is 2.73. The van der Waals surface area contributed by atoms with Gasteiger partial charge in [0.2, 0.25) is 0 Å². The maximum Gasteiger partial charge on any atom is 0.0991 e. The molecule has 0 saturated heterocycles. The highest BCUT2D eigenvalue weighted by Gasteiger charge is 2.11. The topological polar surface area (TPSA) is 47.6 Å². The van der Waals surface area contributed by atoms with E-state index >= 15 is 0 Å². The number of benzene rings is 2. The van der Waals surface area contributed by atoms with Crippen LogP contribution in [0.15, 0.2) is 54.6 Å². The van der Waals surface area contributed by atoms with E-state index in [-0.39, 0.29) is 5.92 Å². The van der Waals surface area contributed by atoms with Gasteiger partial charge in [0.25, 0.3) is 0 Å². The van der Waals surface area contributed by atoms with Gasteiger partial charge in [-0.15, -0.1) is 0 Å². The second-order valence-electron chi connectivity index (χ2n) is 4.11. The third kappa shape index (κ3) is 2.75. The number of hydrogen-bond acceptors (Lipinski definition) is 2. The van der Waals surface area contributed by atoms with Gasteiger partial charge in [-0.1, -0.05) is 42.5 Å². The molecule has 0 aliphatic rings. The minimum Gasteiger partial charge on any atom is -0.198 e. The third-order valence-electron chi connectivity index (χ3n) is 2.88. The van der Waals surface area contributed by atoms with Crippen molar-refractivity contribution in [3.8, 4) is 12.1 Å². The summed E-state index contributed by atoms with van der Waals surface area (Å²) in [6.45, 7) is 0. The van der Waals surface area contributed by atoms with Crippen LogP contribution >= 0.6 is 0 Å². The molecular formula is C16H12N2. The summed E-state index contributed by atoms with van der Waals surface area (Å²) in [6.07, 6.45) is 0.698. The Balaban J connectivity index is 2.19. The van der Waals surface area contributed by atoms with Gasteiger partial charge in [0.15, 0.2) is 0 Å². The van der Waals surface area contributed by atoms with Gasteiger partial charge in [0.05, 0.1) is 23.6 Å². The van der Waals surface area contributed by atoms with E-state index in [1.807, 2.05) is 42.5 Å². The zero-order chi connectivity index (χ0) is 12.8. The average molecular weight is 232 g/mol. The van der Waals surface area contributed by atoms with E-state index in [1.165, 1.54) is 0 Å². The van der Waals surface area contributed by atoms with Crippen LogP contribution in [-0.2, 0) is 6.42 Å². The van der Waals surface area contributed by atoms with Crippen LogP contribution in [-0.4, -0.2) is 0 Å². The largest absolute Gasteiger partial charge is 0.198 e. The summed E-state index contributed by atoms with van der Waals surface area (Å²) in [5, 5.41) is 18.0. The van der Waals surface area contributed by atoms with Crippen LogP contribution in [0.25, 0.3) is 0 Å². The molecule has 0 aliphatic carbocycles. The molecule has 0 heterocycles. The van der Waals surface area contributed by atoms with Crippen molar-refractivity contribution in [3.63, 3.8) is 0 Å². The van der Waals surface area contributed by atoms with E-state index in [1.54, 1.807) is 12.1 Å². The van der Waals surface area contributed by atoms with Crippen molar-refractivity contribution in [3.05, 3.63) is 71.3 Å². The van der Waals surface area contributed by atoms with E-state index < -0.39 is 0 Å². The van der Waals surface area contributed by atoms with E-state index in [0.29, 0.717) is 12.0 Å². The van der Waals surface area contributed by atoms with Gasteiger partial charge in [0.1, 0.15) is 0 Å². The molecule has 0 aromatic heterocycles. The predicted molar refractivity (Wildman–Crippen MR) is 69.7 cm³/mol. The first-order chi connectivity index (χ1) is 8.83. The van der Waals surface area contributed by atoms with Crippen molar-refractivity contribution in [2.75, 3.05) is 0 Å². The van der Waals surface area contributed by atoms with E-state index in [9.17, 15) is 5.26 Å². The molecule has 86 valence electrons. The molecule has 2 aromatic rings. The van der Waals surface area contributed by atoms with Crippen LogP contribution in [0.3, 0.4) is 0 Å². The highest BCUT2D eigenvalue weighted by molar-refractivity contribution is 5.36. The molecule has 2 rings (SSSR count). The van der Waals surface area contributed by atoms with Crippen LogP contribution < -0.4 is 0 Å². The lowest BCUT2D eigenvalue weighted by molar-refractivity contribution is 0.849. The highest BCUT2D eigenvalue weighted by Crippen LogP contribution is 2.20. The van der Waals surface area contributed by atoms with Crippen molar-refractivity contribution < 1.29 is 0 Å². The molecule has 2 nitrogen and oxygen atoms in total. The Kier molecular flexibility index (Phi) is 3.74. The highest BCUT2D eigenvalue weighted by atomic mass is 14.3. The number of rotatable bonds is 3. The van der Waals surface area contributed by atoms with Crippen molar-refractivity contribution in [1.29, 1.82) is 10.5 Å². The van der Waals surface area contributed by atoms with Crippen LogP contribution in [0.4, 0.5) is 0 Å². The van der Waals surface area contributed by atoms with Crippen LogP contribution in [0.2, 0.25) is 0 Å². The average Bonchev–Trinajstić information content (AvgIpc) is 2.46. The smallest absolute Gasteiger partial charge is 0.0991 e. The van der Waals surface area contributed by atoms with E-state index in [2.05, 4.69) is 12.1 Å². The second kappa shape index (κ2) is 5.66. The molecule has 2 aromatic carbocycles. The molecular weight excluding hydrogens is 220 g/mol. The summed E-state index contributed by atoms with van der Waals surface area (Å²) in [5.74, 6) is -0.167. The lowest BCUT2D eigenvalue weighted by Gasteiger charge is -2.09. The van der Waals surface area contributed by atoms with Crippen LogP contribution in [0.5, 0.6) is 0 Å². The Labute approximate surface area is 107 Å². The van der Waals surface area contributed by atoms with Crippen molar-refractivity contribution in [1.82, 2.24) is 0 Å². The standard InChI is InChI=1S/C16H12N2/c17-11-14-6-8-15(9-7-14)16(12-18)10-13-4-2-1-3-5-13/h1-9,16H,10H2. The van der Waals surface area contributed by atoms with Crippen LogP contribution in [0, 0.1) is 22.7 Å². The van der Waals surface area contributed by atoms with Gasteiger partial charge >= 0.3 is 0 Å². The van der Waals surface area contributed by atoms with Gasteiger partial charge in [-0.25, -0.2) is 0 Å². The molecule has 0 saturated carbocycles. The fourth-order valence-electron chi connectivity index (χ4n) is 1.88. The first kappa shape index (κ1) is 11.9. The van der Waals surface area contributed by atoms with Gasteiger partial charge in [-0.2, -0.15) is 10.5 Å². The number of nitrogens with zero attached hydrogens (tertiary/aromatic N) is 2. The normalized spacial score (nSPS) is 11.2. The minimum atomic E-state index is -0.167. The summed E-state index contributed by atoms with van der Waals surface area (Å²) in [6, 6.07) is 21.6. The zero-order valence-electron chi connectivity index (χ0n) is 9.88. The summed E-state index contributed by atoms with van der Waals surface area (Å²) in [4.78, 5) is 0. The number of hydrogen-bond donors (Lipinski definition) is 0. The van der Waals surface area contributed by atoms with Crippen molar-refractivity contribution in [2.45, 2.75) is 12.3 Å². The van der Waals surface area contributed by atoms with Crippen molar-refractivity contribution >= 4 is 0 Å². The van der Waals surface area contributed by atoms with Gasteiger partial charge in [0, 0.05) is 0 Å². The Morgan fingerprint density at radius 2 is 1.56 bits per heavy atom.